The Labute approximate surface area is 139 Å². The Kier molecular flexibility index (Phi) is 4.06. The number of tetrazole rings is 1. The molecule has 4 rings (SSSR count). The van der Waals surface area contributed by atoms with Gasteiger partial charge in [0.25, 0.3) is 0 Å². The van der Waals surface area contributed by atoms with Gasteiger partial charge in [-0.1, -0.05) is 30.3 Å². The Balaban J connectivity index is 1.50. The molecule has 1 aromatic carbocycles. The Bertz CT molecular complexity index is 806. The van der Waals surface area contributed by atoms with Gasteiger partial charge in [-0.15, -0.1) is 14.8 Å². The summed E-state index contributed by atoms with van der Waals surface area (Å²) in [6.07, 6.45) is 0.0394. The van der Waals surface area contributed by atoms with Crippen LogP contribution in [0.25, 0.3) is 5.65 Å². The number of benzene rings is 1. The number of aromatic nitrogens is 5. The number of ether oxygens (including phenoxy) is 1. The molecule has 3 heterocycles. The van der Waals surface area contributed by atoms with Crippen molar-refractivity contribution in [2.24, 2.45) is 0 Å². The number of morpholine rings is 1. The third-order valence-corrected chi connectivity index (χ3v) is 4.30. The minimum atomic E-state index is 0.0394. The van der Waals surface area contributed by atoms with Crippen molar-refractivity contribution in [3.05, 3.63) is 48.0 Å². The predicted molar refractivity (Wildman–Crippen MR) is 88.6 cm³/mol. The van der Waals surface area contributed by atoms with Crippen LogP contribution in [0.3, 0.4) is 0 Å². The molecule has 1 aliphatic heterocycles. The summed E-state index contributed by atoms with van der Waals surface area (Å²) in [5.74, 6) is 0.721. The van der Waals surface area contributed by atoms with E-state index in [0.717, 1.165) is 19.0 Å². The molecule has 1 aliphatic rings. The number of hydrogen-bond acceptors (Lipinski definition) is 7. The van der Waals surface area contributed by atoms with Crippen molar-refractivity contribution in [1.82, 2.24) is 30.2 Å². The summed E-state index contributed by atoms with van der Waals surface area (Å²) in [5, 5.41) is 18.9. The molecule has 0 bridgehead atoms. The molecule has 0 aliphatic carbocycles. The fourth-order valence-corrected chi connectivity index (χ4v) is 3.10. The molecule has 0 radical (unpaired) electrons. The van der Waals surface area contributed by atoms with Gasteiger partial charge in [-0.05, 0) is 35.2 Å². The molecule has 0 amide bonds. The van der Waals surface area contributed by atoms with Crippen molar-refractivity contribution >= 4 is 11.5 Å². The molecule has 124 valence electrons. The van der Waals surface area contributed by atoms with Crippen molar-refractivity contribution in [3.63, 3.8) is 0 Å². The fraction of sp³-hybridized carbons (Fsp3) is 0.375. The standard InChI is InChI=1S/C16H19N7O/c1-22-9-10-24-13(16(22)12-5-3-2-4-6-12)11-17-14-7-8-15-18-20-21-23(15)19-14/h2-8,13,16H,9-11H2,1H3,(H,17,19)/t13-,16-/m0/s1. The van der Waals surface area contributed by atoms with Crippen LogP contribution >= 0.6 is 0 Å². The topological polar surface area (TPSA) is 80.5 Å². The van der Waals surface area contributed by atoms with Crippen LogP contribution in [0.4, 0.5) is 5.82 Å². The number of anilines is 1. The largest absolute Gasteiger partial charge is 0.373 e. The quantitative estimate of drug-likeness (QED) is 0.766. The van der Waals surface area contributed by atoms with Crippen LogP contribution in [0, 0.1) is 0 Å². The molecule has 1 saturated heterocycles. The summed E-state index contributed by atoms with van der Waals surface area (Å²) in [5.41, 5.74) is 1.88. The molecule has 0 unspecified atom stereocenters. The molecular weight excluding hydrogens is 306 g/mol. The van der Waals surface area contributed by atoms with E-state index in [4.69, 9.17) is 4.74 Å². The van der Waals surface area contributed by atoms with E-state index < -0.39 is 0 Å². The highest BCUT2D eigenvalue weighted by Gasteiger charge is 2.31. The lowest BCUT2D eigenvalue weighted by atomic mass is 9.98. The minimum Gasteiger partial charge on any atom is -0.373 e. The van der Waals surface area contributed by atoms with Crippen molar-refractivity contribution in [2.75, 3.05) is 32.1 Å². The van der Waals surface area contributed by atoms with Crippen LogP contribution in [-0.4, -0.2) is 63.0 Å². The molecule has 8 nitrogen and oxygen atoms in total. The highest BCUT2D eigenvalue weighted by Crippen LogP contribution is 2.28. The molecular formula is C16H19N7O. The van der Waals surface area contributed by atoms with Gasteiger partial charge in [0, 0.05) is 13.1 Å². The third kappa shape index (κ3) is 2.93. The van der Waals surface area contributed by atoms with Gasteiger partial charge in [-0.3, -0.25) is 4.90 Å². The average molecular weight is 325 g/mol. The Morgan fingerprint density at radius 2 is 2.08 bits per heavy atom. The first-order chi connectivity index (χ1) is 11.8. The molecule has 1 N–H and O–H groups in total. The first kappa shape index (κ1) is 15.0. The van der Waals surface area contributed by atoms with Gasteiger partial charge in [-0.25, -0.2) is 0 Å². The maximum absolute atomic E-state index is 6.03. The zero-order valence-electron chi connectivity index (χ0n) is 13.4. The highest BCUT2D eigenvalue weighted by molar-refractivity contribution is 5.42. The van der Waals surface area contributed by atoms with Crippen LogP contribution < -0.4 is 5.32 Å². The molecule has 24 heavy (non-hydrogen) atoms. The summed E-state index contributed by atoms with van der Waals surface area (Å²) < 4.78 is 7.44. The van der Waals surface area contributed by atoms with E-state index in [1.807, 2.05) is 18.2 Å². The number of nitrogens with one attached hydrogen (secondary N) is 1. The Morgan fingerprint density at radius 3 is 2.96 bits per heavy atom. The van der Waals surface area contributed by atoms with E-state index >= 15 is 0 Å². The van der Waals surface area contributed by atoms with Gasteiger partial charge < -0.3 is 10.1 Å². The van der Waals surface area contributed by atoms with Gasteiger partial charge in [0.1, 0.15) is 5.82 Å². The van der Waals surface area contributed by atoms with Crippen LogP contribution in [0.2, 0.25) is 0 Å². The Hall–Kier alpha value is -2.58. The zero-order valence-corrected chi connectivity index (χ0v) is 13.4. The molecule has 2 aromatic heterocycles. The van der Waals surface area contributed by atoms with E-state index in [1.54, 1.807) is 0 Å². The van der Waals surface area contributed by atoms with Crippen molar-refractivity contribution in [2.45, 2.75) is 12.1 Å². The maximum Gasteiger partial charge on any atom is 0.200 e. The Morgan fingerprint density at radius 1 is 1.21 bits per heavy atom. The number of likely N-dealkylation sites (N-methyl/N-ethyl adjacent to an activating group) is 1. The van der Waals surface area contributed by atoms with Gasteiger partial charge in [-0.2, -0.15) is 0 Å². The maximum atomic E-state index is 6.03. The summed E-state index contributed by atoms with van der Waals surface area (Å²) in [6, 6.07) is 14.4. The fourth-order valence-electron chi connectivity index (χ4n) is 3.10. The van der Waals surface area contributed by atoms with Crippen molar-refractivity contribution in [1.29, 1.82) is 0 Å². The summed E-state index contributed by atoms with van der Waals surface area (Å²) in [4.78, 5) is 2.34. The van der Waals surface area contributed by atoms with Crippen LogP contribution in [0.5, 0.6) is 0 Å². The molecule has 3 aromatic rings. The number of rotatable bonds is 4. The summed E-state index contributed by atoms with van der Waals surface area (Å²) in [6.45, 7) is 2.31. The second-order valence-corrected chi connectivity index (χ2v) is 5.87. The lowest BCUT2D eigenvalue weighted by Crippen LogP contribution is -2.46. The third-order valence-electron chi connectivity index (χ3n) is 4.30. The lowest BCUT2D eigenvalue weighted by molar-refractivity contribution is -0.0557. The number of fused-ring (bicyclic) bond motifs is 1. The van der Waals surface area contributed by atoms with E-state index in [2.05, 4.69) is 62.2 Å². The van der Waals surface area contributed by atoms with Crippen LogP contribution in [0.15, 0.2) is 42.5 Å². The van der Waals surface area contributed by atoms with E-state index in [-0.39, 0.29) is 12.1 Å². The van der Waals surface area contributed by atoms with Gasteiger partial charge in [0.15, 0.2) is 5.65 Å². The highest BCUT2D eigenvalue weighted by atomic mass is 16.5. The van der Waals surface area contributed by atoms with E-state index in [0.29, 0.717) is 12.2 Å². The molecule has 0 spiro atoms. The SMILES string of the molecule is CN1CCO[C@@H](CNc2ccc3nnnn3n2)[C@@H]1c1ccccc1. The summed E-state index contributed by atoms with van der Waals surface area (Å²) >= 11 is 0. The first-order valence-electron chi connectivity index (χ1n) is 7.97. The van der Waals surface area contributed by atoms with E-state index in [1.165, 1.54) is 10.2 Å². The smallest absolute Gasteiger partial charge is 0.200 e. The monoisotopic (exact) mass is 325 g/mol. The van der Waals surface area contributed by atoms with Gasteiger partial charge in [0.05, 0.1) is 18.8 Å². The first-order valence-corrected chi connectivity index (χ1v) is 7.97. The predicted octanol–water partition coefficient (Wildman–Crippen LogP) is 1.00. The second-order valence-electron chi connectivity index (χ2n) is 5.87. The van der Waals surface area contributed by atoms with Crippen molar-refractivity contribution < 1.29 is 4.74 Å². The molecule has 0 saturated carbocycles. The van der Waals surface area contributed by atoms with Crippen LogP contribution in [-0.2, 0) is 4.74 Å². The number of hydrogen-bond donors (Lipinski definition) is 1. The lowest BCUT2D eigenvalue weighted by Gasteiger charge is -2.39. The minimum absolute atomic E-state index is 0.0394. The van der Waals surface area contributed by atoms with Crippen LogP contribution in [0.1, 0.15) is 11.6 Å². The molecule has 2 atom stereocenters. The second kappa shape index (κ2) is 6.50. The normalized spacial score (nSPS) is 21.9. The zero-order chi connectivity index (χ0) is 16.4. The van der Waals surface area contributed by atoms with Crippen molar-refractivity contribution in [3.8, 4) is 0 Å². The summed E-state index contributed by atoms with van der Waals surface area (Å²) in [7, 11) is 2.14. The number of nitrogens with zero attached hydrogens (tertiary/aromatic N) is 6. The van der Waals surface area contributed by atoms with Gasteiger partial charge in [0.2, 0.25) is 0 Å². The molecule has 1 fully saturated rings. The average Bonchev–Trinajstić information content (AvgIpc) is 3.08. The molecule has 8 heteroatoms. The van der Waals surface area contributed by atoms with Gasteiger partial charge >= 0.3 is 0 Å². The van der Waals surface area contributed by atoms with E-state index in [9.17, 15) is 0 Å².